The Hall–Kier alpha value is -4.35. The second-order valence-corrected chi connectivity index (χ2v) is 9.86. The third-order valence-corrected chi connectivity index (χ3v) is 6.22. The lowest BCUT2D eigenvalue weighted by atomic mass is 10.0. The summed E-state index contributed by atoms with van der Waals surface area (Å²) in [7, 11) is 1.66. The molecule has 0 aliphatic carbocycles. The van der Waals surface area contributed by atoms with E-state index in [0.29, 0.717) is 22.9 Å². The second-order valence-electron chi connectivity index (χ2n) is 9.86. The van der Waals surface area contributed by atoms with Crippen molar-refractivity contribution in [1.82, 2.24) is 15.6 Å². The van der Waals surface area contributed by atoms with Gasteiger partial charge in [-0.05, 0) is 63.2 Å². The summed E-state index contributed by atoms with van der Waals surface area (Å²) < 4.78 is 11.7. The highest BCUT2D eigenvalue weighted by Gasteiger charge is 2.31. The zero-order valence-corrected chi connectivity index (χ0v) is 22.8. The van der Waals surface area contributed by atoms with Gasteiger partial charge in [0.25, 0.3) is 11.8 Å². The number of carbonyl (C=O) groups is 2. The van der Waals surface area contributed by atoms with Crippen LogP contribution in [0.25, 0.3) is 0 Å². The summed E-state index contributed by atoms with van der Waals surface area (Å²) >= 11 is 0. The normalized spacial score (nSPS) is 14.8. The van der Waals surface area contributed by atoms with Gasteiger partial charge in [0.2, 0.25) is 0 Å². The van der Waals surface area contributed by atoms with Gasteiger partial charge in [-0.25, -0.2) is 0 Å². The van der Waals surface area contributed by atoms with Crippen molar-refractivity contribution in [2.75, 3.05) is 25.1 Å². The lowest BCUT2D eigenvalue weighted by Crippen LogP contribution is -2.49. The Balaban J connectivity index is 1.44. The zero-order chi connectivity index (χ0) is 27.8. The molecule has 2 aromatic carbocycles. The van der Waals surface area contributed by atoms with Gasteiger partial charge in [-0.3, -0.25) is 14.6 Å². The number of nitrogens with one attached hydrogen (secondary N) is 2. The standard InChI is InChI=1S/C31H34N4O4/c1-5-6-17-33-31(2,3)16-14-22-12-13-28-27(19-22)35(4)30(37)26(21-38-28)34-29(36)25-20-24(15-18-32-25)39-23-10-8-7-9-11-23/h7-13,15,18-20,26,33H,5-6,17,21H2,1-4H3,(H,34,36)/t26-/m1/s1. The number of ether oxygens (including phenoxy) is 2. The highest BCUT2D eigenvalue weighted by molar-refractivity contribution is 6.03. The van der Waals surface area contributed by atoms with E-state index in [4.69, 9.17) is 9.47 Å². The van der Waals surface area contributed by atoms with Crippen LogP contribution in [0.5, 0.6) is 17.2 Å². The van der Waals surface area contributed by atoms with Crippen LogP contribution in [0.4, 0.5) is 5.69 Å². The first-order valence-electron chi connectivity index (χ1n) is 13.1. The quantitative estimate of drug-likeness (QED) is 0.331. The van der Waals surface area contributed by atoms with Crippen LogP contribution in [0.1, 0.15) is 49.7 Å². The first kappa shape index (κ1) is 27.7. The Morgan fingerprint density at radius 3 is 2.72 bits per heavy atom. The van der Waals surface area contributed by atoms with Gasteiger partial charge in [0.15, 0.2) is 0 Å². The number of likely N-dealkylation sites (N-methyl/N-ethyl adjacent to an activating group) is 1. The molecule has 2 amide bonds. The van der Waals surface area contributed by atoms with E-state index in [-0.39, 0.29) is 23.7 Å². The zero-order valence-electron chi connectivity index (χ0n) is 22.8. The van der Waals surface area contributed by atoms with Crippen LogP contribution in [0, 0.1) is 11.8 Å². The summed E-state index contributed by atoms with van der Waals surface area (Å²) in [6.45, 7) is 7.14. The molecule has 39 heavy (non-hydrogen) atoms. The Morgan fingerprint density at radius 1 is 1.15 bits per heavy atom. The summed E-state index contributed by atoms with van der Waals surface area (Å²) in [5.41, 5.74) is 1.15. The van der Waals surface area contributed by atoms with Crippen molar-refractivity contribution in [3.63, 3.8) is 0 Å². The number of hydrogen-bond donors (Lipinski definition) is 2. The molecule has 8 nitrogen and oxygen atoms in total. The van der Waals surface area contributed by atoms with Crippen LogP contribution in [-0.4, -0.2) is 48.6 Å². The van der Waals surface area contributed by atoms with Crippen LogP contribution in [0.3, 0.4) is 0 Å². The Kier molecular flexibility index (Phi) is 8.84. The van der Waals surface area contributed by atoms with Gasteiger partial charge >= 0.3 is 0 Å². The van der Waals surface area contributed by atoms with E-state index in [1.165, 1.54) is 17.2 Å². The number of unbranched alkanes of at least 4 members (excludes halogenated alkanes) is 1. The molecule has 202 valence electrons. The first-order chi connectivity index (χ1) is 18.8. The number of anilines is 1. The lowest BCUT2D eigenvalue weighted by molar-refractivity contribution is -0.120. The highest BCUT2D eigenvalue weighted by Crippen LogP contribution is 2.31. The number of para-hydroxylation sites is 1. The van der Waals surface area contributed by atoms with Gasteiger partial charge in [-0.2, -0.15) is 0 Å². The van der Waals surface area contributed by atoms with Gasteiger partial charge < -0.3 is 25.0 Å². The molecular weight excluding hydrogens is 492 g/mol. The maximum Gasteiger partial charge on any atom is 0.270 e. The maximum absolute atomic E-state index is 13.3. The molecule has 0 saturated carbocycles. The molecule has 0 bridgehead atoms. The fraction of sp³-hybridized carbons (Fsp3) is 0.323. The van der Waals surface area contributed by atoms with Crippen molar-refractivity contribution in [2.45, 2.75) is 45.2 Å². The molecule has 8 heteroatoms. The number of benzene rings is 2. The Bertz CT molecular complexity index is 1380. The van der Waals surface area contributed by atoms with Gasteiger partial charge in [0.1, 0.15) is 35.6 Å². The van der Waals surface area contributed by atoms with E-state index < -0.39 is 11.9 Å². The SMILES string of the molecule is CCCCNC(C)(C)C#Cc1ccc2c(c1)N(C)C(=O)[C@H](NC(=O)c1cc(Oc3ccccc3)ccn1)CO2. The molecule has 1 aliphatic rings. The van der Waals surface area contributed by atoms with Crippen LogP contribution >= 0.6 is 0 Å². The van der Waals surface area contributed by atoms with E-state index in [1.54, 1.807) is 19.2 Å². The molecule has 0 radical (unpaired) electrons. The molecule has 0 unspecified atom stereocenters. The summed E-state index contributed by atoms with van der Waals surface area (Å²) in [4.78, 5) is 31.9. The number of rotatable bonds is 8. The van der Waals surface area contributed by atoms with E-state index >= 15 is 0 Å². The lowest BCUT2D eigenvalue weighted by Gasteiger charge is -2.21. The van der Waals surface area contributed by atoms with Crippen LogP contribution in [-0.2, 0) is 4.79 Å². The minimum absolute atomic E-state index is 0.0124. The predicted octanol–water partition coefficient (Wildman–Crippen LogP) is 4.55. The van der Waals surface area contributed by atoms with Gasteiger partial charge in [0.05, 0.1) is 11.2 Å². The monoisotopic (exact) mass is 526 g/mol. The van der Waals surface area contributed by atoms with E-state index in [9.17, 15) is 9.59 Å². The van der Waals surface area contributed by atoms with E-state index in [1.807, 2.05) is 56.3 Å². The summed E-state index contributed by atoms with van der Waals surface area (Å²) in [5, 5.41) is 6.21. The van der Waals surface area contributed by atoms with Crippen LogP contribution < -0.4 is 25.0 Å². The number of aromatic nitrogens is 1. The van der Waals surface area contributed by atoms with Crippen molar-refractivity contribution in [1.29, 1.82) is 0 Å². The van der Waals surface area contributed by atoms with E-state index in [2.05, 4.69) is 34.4 Å². The molecule has 4 rings (SSSR count). The predicted molar refractivity (Wildman–Crippen MR) is 151 cm³/mol. The number of hydrogen-bond acceptors (Lipinski definition) is 6. The number of amides is 2. The summed E-state index contributed by atoms with van der Waals surface area (Å²) in [5.74, 6) is 7.34. The second kappa shape index (κ2) is 12.5. The van der Waals surface area contributed by atoms with E-state index in [0.717, 1.165) is 24.9 Å². The molecule has 2 N–H and O–H groups in total. The largest absolute Gasteiger partial charge is 0.489 e. The minimum Gasteiger partial charge on any atom is -0.489 e. The van der Waals surface area contributed by atoms with Crippen LogP contribution in [0.2, 0.25) is 0 Å². The van der Waals surface area contributed by atoms with Gasteiger partial charge in [-0.15, -0.1) is 0 Å². The molecule has 3 aromatic rings. The van der Waals surface area contributed by atoms with Crippen molar-refractivity contribution in [3.05, 3.63) is 78.1 Å². The molecule has 1 atom stereocenters. The third kappa shape index (κ3) is 7.37. The minimum atomic E-state index is -0.897. The fourth-order valence-electron chi connectivity index (χ4n) is 3.99. The summed E-state index contributed by atoms with van der Waals surface area (Å²) in [6, 6.07) is 17.0. The third-order valence-electron chi connectivity index (χ3n) is 6.22. The van der Waals surface area contributed by atoms with Gasteiger partial charge in [-0.1, -0.05) is 43.4 Å². The smallest absolute Gasteiger partial charge is 0.270 e. The molecule has 0 spiro atoms. The van der Waals surface area contributed by atoms with Crippen molar-refractivity contribution in [2.24, 2.45) is 0 Å². The van der Waals surface area contributed by atoms with Crippen molar-refractivity contribution < 1.29 is 19.1 Å². The maximum atomic E-state index is 13.3. The molecule has 1 aromatic heterocycles. The molecule has 2 heterocycles. The number of pyridine rings is 1. The average Bonchev–Trinajstić information content (AvgIpc) is 3.05. The average molecular weight is 527 g/mol. The Labute approximate surface area is 229 Å². The highest BCUT2D eigenvalue weighted by atomic mass is 16.5. The first-order valence-corrected chi connectivity index (χ1v) is 13.1. The summed E-state index contributed by atoms with van der Waals surface area (Å²) in [6.07, 6.45) is 3.70. The molecule has 0 saturated heterocycles. The number of carbonyl (C=O) groups excluding carboxylic acids is 2. The topological polar surface area (TPSA) is 92.8 Å². The number of fused-ring (bicyclic) bond motifs is 1. The van der Waals surface area contributed by atoms with Crippen LogP contribution in [0.15, 0.2) is 66.9 Å². The molecule has 0 fully saturated rings. The molecular formula is C31H34N4O4. The Morgan fingerprint density at radius 2 is 1.95 bits per heavy atom. The van der Waals surface area contributed by atoms with Gasteiger partial charge in [0, 0.05) is 24.9 Å². The molecule has 1 aliphatic heterocycles. The fourth-order valence-corrected chi connectivity index (χ4v) is 3.99. The van der Waals surface area contributed by atoms with Crippen molar-refractivity contribution >= 4 is 17.5 Å². The number of nitrogens with zero attached hydrogens (tertiary/aromatic N) is 2. The van der Waals surface area contributed by atoms with Crippen molar-refractivity contribution in [3.8, 4) is 29.1 Å².